The number of nitrogens with zero attached hydrogens (tertiary/aromatic N) is 2. The van der Waals surface area contributed by atoms with Gasteiger partial charge in [0.25, 0.3) is 11.5 Å². The summed E-state index contributed by atoms with van der Waals surface area (Å²) in [5.41, 5.74) is -0.773. The molecule has 2 aromatic rings. The molecule has 11 nitrogen and oxygen atoms in total. The van der Waals surface area contributed by atoms with Crippen LogP contribution in [0.15, 0.2) is 23.0 Å². The van der Waals surface area contributed by atoms with Crippen LogP contribution in [0.1, 0.15) is 47.2 Å². The highest BCUT2D eigenvalue weighted by molar-refractivity contribution is 5.94. The van der Waals surface area contributed by atoms with Crippen molar-refractivity contribution < 1.29 is 29.3 Å². The lowest BCUT2D eigenvalue weighted by Gasteiger charge is -2.32. The van der Waals surface area contributed by atoms with Gasteiger partial charge in [-0.1, -0.05) is 12.1 Å². The van der Waals surface area contributed by atoms with Crippen molar-refractivity contribution in [1.29, 1.82) is 0 Å². The molecule has 1 aliphatic heterocycles. The summed E-state index contributed by atoms with van der Waals surface area (Å²) in [6.07, 6.45) is 0.746. The number of hydrogen-bond acceptors (Lipinski definition) is 7. The van der Waals surface area contributed by atoms with Gasteiger partial charge in [-0.05, 0) is 25.3 Å². The van der Waals surface area contributed by atoms with Gasteiger partial charge < -0.3 is 30.0 Å². The lowest BCUT2D eigenvalue weighted by Crippen LogP contribution is -2.39. The van der Waals surface area contributed by atoms with Gasteiger partial charge in [-0.3, -0.25) is 14.5 Å². The number of aromatic amines is 1. The largest absolute Gasteiger partial charge is 0.501 e. The molecule has 11 heteroatoms. The van der Waals surface area contributed by atoms with Crippen molar-refractivity contribution in [3.05, 3.63) is 45.6 Å². The quantitative estimate of drug-likeness (QED) is 0.537. The molecule has 1 aromatic heterocycles. The summed E-state index contributed by atoms with van der Waals surface area (Å²) in [5, 5.41) is 22.1. The maximum absolute atomic E-state index is 12.7. The standard InChI is InChI=1S/C20H24N4O7/c1-30-13-8-5-6-11(16(13)31-2)10-21-18(26)14-15(25)19(27)23-17(22-14)12-7-3-4-9-24(12)20(28)29/h5-6,8,12,25H,3-4,7,9-10H2,1-2H3,(H,21,26)(H,28,29)(H,22,23,27). The number of methoxy groups -OCH3 is 2. The maximum Gasteiger partial charge on any atom is 0.407 e. The Balaban J connectivity index is 1.87. The Morgan fingerprint density at radius 2 is 2.06 bits per heavy atom. The molecule has 4 N–H and O–H groups in total. The van der Waals surface area contributed by atoms with E-state index in [0.717, 1.165) is 6.42 Å². The minimum Gasteiger partial charge on any atom is -0.501 e. The summed E-state index contributed by atoms with van der Waals surface area (Å²) in [5.74, 6) is -0.675. The molecule has 0 saturated carbocycles. The van der Waals surface area contributed by atoms with Gasteiger partial charge in [-0.25, -0.2) is 9.78 Å². The van der Waals surface area contributed by atoms with Crippen LogP contribution in [0.3, 0.4) is 0 Å². The number of rotatable bonds is 6. The molecular weight excluding hydrogens is 408 g/mol. The van der Waals surface area contributed by atoms with Gasteiger partial charge in [-0.15, -0.1) is 0 Å². The number of carbonyl (C=O) groups excluding carboxylic acids is 1. The number of amides is 2. The smallest absolute Gasteiger partial charge is 0.407 e. The highest BCUT2D eigenvalue weighted by Gasteiger charge is 2.31. The third kappa shape index (κ3) is 4.55. The number of H-pyrrole nitrogens is 1. The van der Waals surface area contributed by atoms with Gasteiger partial charge in [0, 0.05) is 18.7 Å². The Kier molecular flexibility index (Phi) is 6.63. The van der Waals surface area contributed by atoms with Crippen LogP contribution in [-0.4, -0.2) is 57.8 Å². The van der Waals surface area contributed by atoms with E-state index >= 15 is 0 Å². The number of likely N-dealkylation sites (tertiary alicyclic amines) is 1. The van der Waals surface area contributed by atoms with Crippen molar-refractivity contribution in [3.63, 3.8) is 0 Å². The van der Waals surface area contributed by atoms with E-state index in [1.54, 1.807) is 18.2 Å². The summed E-state index contributed by atoms with van der Waals surface area (Å²) >= 11 is 0. The molecule has 0 bridgehead atoms. The number of carboxylic acid groups (broad SMARTS) is 1. The molecule has 3 rings (SSSR count). The fourth-order valence-electron chi connectivity index (χ4n) is 3.60. The van der Waals surface area contributed by atoms with Crippen molar-refractivity contribution in [1.82, 2.24) is 20.2 Å². The van der Waals surface area contributed by atoms with E-state index in [9.17, 15) is 24.6 Å². The molecule has 1 unspecified atom stereocenters. The van der Waals surface area contributed by atoms with Crippen molar-refractivity contribution >= 4 is 12.0 Å². The second-order valence-corrected chi connectivity index (χ2v) is 6.97. The van der Waals surface area contributed by atoms with Crippen LogP contribution in [0.5, 0.6) is 17.2 Å². The first-order chi connectivity index (χ1) is 14.9. The van der Waals surface area contributed by atoms with Gasteiger partial charge in [0.05, 0.1) is 20.3 Å². The number of hydrogen-bond donors (Lipinski definition) is 4. The zero-order valence-corrected chi connectivity index (χ0v) is 17.2. The van der Waals surface area contributed by atoms with Crippen LogP contribution < -0.4 is 20.3 Å². The molecule has 2 heterocycles. The average Bonchev–Trinajstić information content (AvgIpc) is 2.78. The monoisotopic (exact) mass is 432 g/mol. The predicted molar refractivity (Wildman–Crippen MR) is 109 cm³/mol. The minimum atomic E-state index is -1.14. The molecule has 31 heavy (non-hydrogen) atoms. The van der Waals surface area contributed by atoms with E-state index in [0.29, 0.717) is 36.4 Å². The van der Waals surface area contributed by atoms with Crippen LogP contribution in [0.4, 0.5) is 4.79 Å². The van der Waals surface area contributed by atoms with Crippen molar-refractivity contribution in [2.75, 3.05) is 20.8 Å². The van der Waals surface area contributed by atoms with E-state index in [4.69, 9.17) is 9.47 Å². The number of ether oxygens (including phenoxy) is 2. The van der Waals surface area contributed by atoms with Crippen molar-refractivity contribution in [2.45, 2.75) is 31.8 Å². The summed E-state index contributed by atoms with van der Waals surface area (Å²) in [4.78, 5) is 44.1. The van der Waals surface area contributed by atoms with E-state index in [-0.39, 0.29) is 12.4 Å². The second kappa shape index (κ2) is 9.37. The van der Waals surface area contributed by atoms with Crippen molar-refractivity contribution in [2.24, 2.45) is 0 Å². The molecule has 0 spiro atoms. The summed E-state index contributed by atoms with van der Waals surface area (Å²) in [7, 11) is 2.96. The first-order valence-electron chi connectivity index (χ1n) is 9.68. The van der Waals surface area contributed by atoms with Gasteiger partial charge in [0.1, 0.15) is 5.82 Å². The maximum atomic E-state index is 12.7. The molecule has 1 aromatic carbocycles. The van der Waals surface area contributed by atoms with Crippen LogP contribution in [0, 0.1) is 0 Å². The number of aromatic nitrogens is 2. The highest BCUT2D eigenvalue weighted by atomic mass is 16.5. The fraction of sp³-hybridized carbons (Fsp3) is 0.400. The minimum absolute atomic E-state index is 0.0210. The van der Waals surface area contributed by atoms with E-state index in [2.05, 4.69) is 15.3 Å². The number of aromatic hydroxyl groups is 1. The molecule has 0 aliphatic carbocycles. The summed E-state index contributed by atoms with van der Waals surface area (Å²) in [6, 6.07) is 4.46. The molecular formula is C20H24N4O7. The number of para-hydroxylation sites is 1. The molecule has 166 valence electrons. The van der Waals surface area contributed by atoms with E-state index in [1.165, 1.54) is 19.1 Å². The molecule has 2 amide bonds. The zero-order chi connectivity index (χ0) is 22.5. The van der Waals surface area contributed by atoms with Crippen LogP contribution in [-0.2, 0) is 6.54 Å². The lowest BCUT2D eigenvalue weighted by molar-refractivity contribution is 0.0938. The Hall–Kier alpha value is -3.76. The number of carbonyl (C=O) groups is 2. The first-order valence-corrected chi connectivity index (χ1v) is 9.68. The number of benzene rings is 1. The zero-order valence-electron chi connectivity index (χ0n) is 17.2. The summed E-state index contributed by atoms with van der Waals surface area (Å²) in [6.45, 7) is 0.314. The molecule has 1 fully saturated rings. The molecule has 0 radical (unpaired) electrons. The van der Waals surface area contributed by atoms with Crippen LogP contribution in [0.25, 0.3) is 0 Å². The van der Waals surface area contributed by atoms with Gasteiger partial charge in [-0.2, -0.15) is 0 Å². The van der Waals surface area contributed by atoms with Gasteiger partial charge >= 0.3 is 6.09 Å². The first kappa shape index (κ1) is 21.9. The molecule has 1 aliphatic rings. The lowest BCUT2D eigenvalue weighted by atomic mass is 10.0. The fourth-order valence-corrected chi connectivity index (χ4v) is 3.60. The molecule has 1 atom stereocenters. The Morgan fingerprint density at radius 1 is 1.29 bits per heavy atom. The predicted octanol–water partition coefficient (Wildman–Crippen LogP) is 1.63. The van der Waals surface area contributed by atoms with Crippen molar-refractivity contribution in [3.8, 4) is 17.2 Å². The third-order valence-electron chi connectivity index (χ3n) is 5.12. The number of piperidine rings is 1. The van der Waals surface area contributed by atoms with Crippen LogP contribution in [0.2, 0.25) is 0 Å². The van der Waals surface area contributed by atoms with Gasteiger partial charge in [0.15, 0.2) is 17.2 Å². The Bertz CT molecular complexity index is 1040. The topological polar surface area (TPSA) is 154 Å². The second-order valence-electron chi connectivity index (χ2n) is 6.97. The van der Waals surface area contributed by atoms with E-state index in [1.807, 2.05) is 0 Å². The highest BCUT2D eigenvalue weighted by Crippen LogP contribution is 2.31. The number of nitrogens with one attached hydrogen (secondary N) is 2. The Morgan fingerprint density at radius 3 is 2.74 bits per heavy atom. The van der Waals surface area contributed by atoms with Crippen LogP contribution >= 0.6 is 0 Å². The average molecular weight is 432 g/mol. The van der Waals surface area contributed by atoms with E-state index < -0.39 is 35.0 Å². The normalized spacial score (nSPS) is 15.9. The SMILES string of the molecule is COc1cccc(CNC(=O)c2nc(C3CCCCN3C(=O)O)[nH]c(=O)c2O)c1OC. The molecule has 1 saturated heterocycles. The van der Waals surface area contributed by atoms with Gasteiger partial charge in [0.2, 0.25) is 5.75 Å². The third-order valence-corrected chi connectivity index (χ3v) is 5.12. The Labute approximate surface area is 177 Å². The summed E-state index contributed by atoms with van der Waals surface area (Å²) < 4.78 is 10.6.